The molecule has 3 rings (SSSR count). The van der Waals surface area contributed by atoms with Gasteiger partial charge in [0.1, 0.15) is 0 Å². The molecule has 2 aromatic rings. The number of rotatable bonds is 3. The van der Waals surface area contributed by atoms with Gasteiger partial charge in [-0.3, -0.25) is 9.48 Å². The van der Waals surface area contributed by atoms with Crippen LogP contribution in [0, 0.1) is 6.92 Å². The standard InChI is InChI=1S/C15H17N3O4/c1-10-4-6-22-13(10)14(19)17-5-2-3-12(9-17)18-8-11(7-16-18)15(20)21/h4,6-8,12H,2-3,5,9H2,1H3,(H,20,21)/t12-/m1/s1. The molecule has 22 heavy (non-hydrogen) atoms. The monoisotopic (exact) mass is 303 g/mol. The summed E-state index contributed by atoms with van der Waals surface area (Å²) in [5, 5.41) is 13.1. The molecule has 0 saturated carbocycles. The van der Waals surface area contributed by atoms with E-state index < -0.39 is 5.97 Å². The van der Waals surface area contributed by atoms with E-state index >= 15 is 0 Å². The summed E-state index contributed by atoms with van der Waals surface area (Å²) in [6.07, 6.45) is 6.07. The van der Waals surface area contributed by atoms with Gasteiger partial charge in [-0.2, -0.15) is 5.10 Å². The highest BCUT2D eigenvalue weighted by Crippen LogP contribution is 2.23. The number of likely N-dealkylation sites (tertiary alicyclic amines) is 1. The van der Waals surface area contributed by atoms with Crippen LogP contribution in [0.1, 0.15) is 45.4 Å². The van der Waals surface area contributed by atoms with E-state index in [1.165, 1.54) is 18.7 Å². The largest absolute Gasteiger partial charge is 0.478 e. The Morgan fingerprint density at radius 3 is 2.91 bits per heavy atom. The number of hydrogen-bond acceptors (Lipinski definition) is 4. The van der Waals surface area contributed by atoms with Crippen molar-refractivity contribution in [1.82, 2.24) is 14.7 Å². The average Bonchev–Trinajstić information content (AvgIpc) is 3.15. The molecule has 7 nitrogen and oxygen atoms in total. The molecule has 0 spiro atoms. The van der Waals surface area contributed by atoms with E-state index in [0.717, 1.165) is 18.4 Å². The SMILES string of the molecule is Cc1ccoc1C(=O)N1CCC[C@@H](n2cc(C(=O)O)cn2)C1. The summed E-state index contributed by atoms with van der Waals surface area (Å²) >= 11 is 0. The van der Waals surface area contributed by atoms with Crippen LogP contribution in [-0.4, -0.2) is 44.8 Å². The van der Waals surface area contributed by atoms with Gasteiger partial charge in [-0.25, -0.2) is 4.79 Å². The lowest BCUT2D eigenvalue weighted by Crippen LogP contribution is -2.40. The van der Waals surface area contributed by atoms with Crippen molar-refractivity contribution in [3.05, 3.63) is 41.6 Å². The third-order valence-electron chi connectivity index (χ3n) is 3.96. The molecule has 1 amide bonds. The Bertz CT molecular complexity index is 703. The molecule has 116 valence electrons. The Morgan fingerprint density at radius 1 is 1.45 bits per heavy atom. The van der Waals surface area contributed by atoms with Crippen LogP contribution in [0.4, 0.5) is 0 Å². The van der Waals surface area contributed by atoms with Gasteiger partial charge in [0.25, 0.3) is 5.91 Å². The molecule has 1 aliphatic heterocycles. The first-order valence-corrected chi connectivity index (χ1v) is 7.17. The lowest BCUT2D eigenvalue weighted by molar-refractivity contribution is 0.0636. The van der Waals surface area contributed by atoms with Crippen molar-refractivity contribution in [2.75, 3.05) is 13.1 Å². The maximum atomic E-state index is 12.5. The molecule has 7 heteroatoms. The van der Waals surface area contributed by atoms with Gasteiger partial charge in [0.15, 0.2) is 5.76 Å². The highest BCUT2D eigenvalue weighted by atomic mass is 16.4. The maximum absolute atomic E-state index is 12.5. The summed E-state index contributed by atoms with van der Waals surface area (Å²) < 4.78 is 6.90. The maximum Gasteiger partial charge on any atom is 0.338 e. The molecule has 0 aromatic carbocycles. The minimum atomic E-state index is -0.999. The van der Waals surface area contributed by atoms with Gasteiger partial charge in [-0.1, -0.05) is 0 Å². The smallest absolute Gasteiger partial charge is 0.338 e. The van der Waals surface area contributed by atoms with Crippen molar-refractivity contribution in [2.24, 2.45) is 0 Å². The molecule has 0 unspecified atom stereocenters. The minimum Gasteiger partial charge on any atom is -0.478 e. The Labute approximate surface area is 127 Å². The summed E-state index contributed by atoms with van der Waals surface area (Å²) in [5.74, 6) is -0.758. The second kappa shape index (κ2) is 5.67. The molecule has 0 bridgehead atoms. The van der Waals surface area contributed by atoms with Crippen molar-refractivity contribution in [1.29, 1.82) is 0 Å². The predicted molar refractivity (Wildman–Crippen MR) is 76.8 cm³/mol. The molecule has 1 saturated heterocycles. The Hall–Kier alpha value is -2.57. The minimum absolute atomic E-state index is 0.0129. The lowest BCUT2D eigenvalue weighted by atomic mass is 10.1. The summed E-state index contributed by atoms with van der Waals surface area (Å²) in [6.45, 7) is 3.01. The van der Waals surface area contributed by atoms with Gasteiger partial charge in [0.2, 0.25) is 0 Å². The van der Waals surface area contributed by atoms with Crippen molar-refractivity contribution in [3.63, 3.8) is 0 Å². The Balaban J connectivity index is 1.75. The summed E-state index contributed by atoms with van der Waals surface area (Å²) in [6, 6.07) is 1.75. The van der Waals surface area contributed by atoms with Crippen LogP contribution in [0.2, 0.25) is 0 Å². The van der Waals surface area contributed by atoms with Gasteiger partial charge in [-0.15, -0.1) is 0 Å². The van der Waals surface area contributed by atoms with E-state index in [4.69, 9.17) is 9.52 Å². The van der Waals surface area contributed by atoms with Crippen molar-refractivity contribution >= 4 is 11.9 Å². The number of aromatic carboxylic acids is 1. The Morgan fingerprint density at radius 2 is 2.27 bits per heavy atom. The molecule has 1 aliphatic rings. The van der Waals surface area contributed by atoms with Gasteiger partial charge >= 0.3 is 5.97 Å². The zero-order chi connectivity index (χ0) is 15.7. The Kier molecular flexibility index (Phi) is 3.70. The molecule has 0 radical (unpaired) electrons. The number of carbonyl (C=O) groups excluding carboxylic acids is 1. The molecule has 1 N–H and O–H groups in total. The number of hydrogen-bond donors (Lipinski definition) is 1. The fourth-order valence-corrected chi connectivity index (χ4v) is 2.74. The van der Waals surface area contributed by atoms with E-state index in [0.29, 0.717) is 18.8 Å². The van der Waals surface area contributed by atoms with Crippen molar-refractivity contribution in [2.45, 2.75) is 25.8 Å². The molecular formula is C15H17N3O4. The van der Waals surface area contributed by atoms with E-state index in [-0.39, 0.29) is 17.5 Å². The van der Waals surface area contributed by atoms with Crippen molar-refractivity contribution < 1.29 is 19.1 Å². The number of furan rings is 1. The van der Waals surface area contributed by atoms with Crippen LogP contribution in [0.3, 0.4) is 0 Å². The number of nitrogens with zero attached hydrogens (tertiary/aromatic N) is 3. The first-order chi connectivity index (χ1) is 10.6. The number of piperidine rings is 1. The van der Waals surface area contributed by atoms with E-state index in [2.05, 4.69) is 5.10 Å². The quantitative estimate of drug-likeness (QED) is 0.936. The number of carboxylic acid groups (broad SMARTS) is 1. The number of carboxylic acids is 1. The van der Waals surface area contributed by atoms with Crippen LogP contribution in [0.25, 0.3) is 0 Å². The second-order valence-electron chi connectivity index (χ2n) is 5.49. The highest BCUT2D eigenvalue weighted by molar-refractivity contribution is 5.93. The number of aromatic nitrogens is 2. The van der Waals surface area contributed by atoms with Crippen LogP contribution < -0.4 is 0 Å². The molecule has 1 atom stereocenters. The molecule has 3 heterocycles. The van der Waals surface area contributed by atoms with E-state index in [1.807, 2.05) is 6.92 Å². The number of aryl methyl sites for hydroxylation is 1. The van der Waals surface area contributed by atoms with Gasteiger partial charge in [0, 0.05) is 24.8 Å². The summed E-state index contributed by atoms with van der Waals surface area (Å²) in [4.78, 5) is 25.2. The van der Waals surface area contributed by atoms with Crippen LogP contribution in [0.5, 0.6) is 0 Å². The normalized spacial score (nSPS) is 18.4. The fourth-order valence-electron chi connectivity index (χ4n) is 2.74. The van der Waals surface area contributed by atoms with Gasteiger partial charge in [-0.05, 0) is 25.8 Å². The van der Waals surface area contributed by atoms with Crippen LogP contribution in [0.15, 0.2) is 29.1 Å². The van der Waals surface area contributed by atoms with E-state index in [1.54, 1.807) is 15.6 Å². The fraction of sp³-hybridized carbons (Fsp3) is 0.400. The zero-order valence-electron chi connectivity index (χ0n) is 12.2. The highest BCUT2D eigenvalue weighted by Gasteiger charge is 2.28. The van der Waals surface area contributed by atoms with Gasteiger partial charge < -0.3 is 14.4 Å². The van der Waals surface area contributed by atoms with Crippen LogP contribution >= 0.6 is 0 Å². The molecule has 1 fully saturated rings. The zero-order valence-corrected chi connectivity index (χ0v) is 12.2. The first-order valence-electron chi connectivity index (χ1n) is 7.17. The van der Waals surface area contributed by atoms with Crippen LogP contribution in [-0.2, 0) is 0 Å². The lowest BCUT2D eigenvalue weighted by Gasteiger charge is -2.32. The van der Waals surface area contributed by atoms with Gasteiger partial charge in [0.05, 0.1) is 24.1 Å². The average molecular weight is 303 g/mol. The number of amides is 1. The third kappa shape index (κ3) is 2.61. The predicted octanol–water partition coefficient (Wildman–Crippen LogP) is 1.96. The van der Waals surface area contributed by atoms with Crippen molar-refractivity contribution in [3.8, 4) is 0 Å². The second-order valence-corrected chi connectivity index (χ2v) is 5.49. The number of carbonyl (C=O) groups is 2. The molecule has 2 aromatic heterocycles. The summed E-state index contributed by atoms with van der Waals surface area (Å²) in [7, 11) is 0. The molecular weight excluding hydrogens is 286 g/mol. The molecule has 0 aliphatic carbocycles. The first kappa shape index (κ1) is 14.4. The topological polar surface area (TPSA) is 88.6 Å². The van der Waals surface area contributed by atoms with E-state index in [9.17, 15) is 9.59 Å². The summed E-state index contributed by atoms with van der Waals surface area (Å²) in [5.41, 5.74) is 0.977. The third-order valence-corrected chi connectivity index (χ3v) is 3.96.